The summed E-state index contributed by atoms with van der Waals surface area (Å²) in [5, 5.41) is 0. The van der Waals surface area contributed by atoms with Crippen LogP contribution >= 0.6 is 0 Å². The molecule has 1 heterocycles. The fourth-order valence-electron chi connectivity index (χ4n) is 2.11. The second-order valence-electron chi connectivity index (χ2n) is 3.91. The highest BCUT2D eigenvalue weighted by atomic mass is 16.5. The Kier molecular flexibility index (Phi) is 2.28. The quantitative estimate of drug-likeness (QED) is 0.679. The molecule has 0 aromatic heterocycles. The Balaban J connectivity index is 2.46. The zero-order valence-electron chi connectivity index (χ0n) is 8.49. The molecule has 14 heavy (non-hydrogen) atoms. The first-order valence-corrected chi connectivity index (χ1v) is 4.92. The molecule has 2 unspecified atom stereocenters. The van der Waals surface area contributed by atoms with Crippen molar-refractivity contribution in [1.82, 2.24) is 0 Å². The van der Waals surface area contributed by atoms with E-state index in [2.05, 4.69) is 6.92 Å². The average Bonchev–Trinajstić information content (AvgIpc) is 2.17. The number of ketones is 1. The zero-order valence-corrected chi connectivity index (χ0v) is 8.49. The van der Waals surface area contributed by atoms with Gasteiger partial charge in [-0.15, -0.1) is 0 Å². The summed E-state index contributed by atoms with van der Waals surface area (Å²) in [6.45, 7) is 4.35. The van der Waals surface area contributed by atoms with Gasteiger partial charge in [-0.05, 0) is 13.0 Å². The van der Waals surface area contributed by atoms with Crippen molar-refractivity contribution in [1.29, 1.82) is 0 Å². The van der Waals surface area contributed by atoms with Gasteiger partial charge in [-0.2, -0.15) is 0 Å². The molecule has 0 aliphatic carbocycles. The van der Waals surface area contributed by atoms with Gasteiger partial charge in [0.05, 0.1) is 12.5 Å². The lowest BCUT2D eigenvalue weighted by atomic mass is 9.83. The van der Waals surface area contributed by atoms with Crippen LogP contribution in [-0.2, 0) is 4.79 Å². The fourth-order valence-corrected chi connectivity index (χ4v) is 2.11. The van der Waals surface area contributed by atoms with Crippen LogP contribution in [0.5, 0.6) is 5.75 Å². The minimum atomic E-state index is 0.0138. The standard InChI is InChI=1S/C12H14O2/c1-8-7-14-11-6-4-3-5-10(11)12(8)9(2)13/h3-6,8,12H,7H2,1-2H3. The first kappa shape index (κ1) is 9.25. The van der Waals surface area contributed by atoms with Crippen molar-refractivity contribution in [2.24, 2.45) is 5.92 Å². The van der Waals surface area contributed by atoms with Crippen molar-refractivity contribution in [3.8, 4) is 5.75 Å². The Hall–Kier alpha value is -1.31. The van der Waals surface area contributed by atoms with Gasteiger partial charge in [0.15, 0.2) is 0 Å². The van der Waals surface area contributed by atoms with Gasteiger partial charge in [0.25, 0.3) is 0 Å². The molecular weight excluding hydrogens is 176 g/mol. The van der Waals surface area contributed by atoms with Crippen molar-refractivity contribution in [2.75, 3.05) is 6.61 Å². The number of carbonyl (C=O) groups excluding carboxylic acids is 1. The molecule has 2 heteroatoms. The van der Waals surface area contributed by atoms with E-state index in [4.69, 9.17) is 4.74 Å². The smallest absolute Gasteiger partial charge is 0.137 e. The highest BCUT2D eigenvalue weighted by Crippen LogP contribution is 2.36. The van der Waals surface area contributed by atoms with E-state index in [9.17, 15) is 4.79 Å². The molecule has 1 aromatic rings. The van der Waals surface area contributed by atoms with Crippen LogP contribution in [0.2, 0.25) is 0 Å². The summed E-state index contributed by atoms with van der Waals surface area (Å²) in [5.74, 6) is 1.39. The number of rotatable bonds is 1. The summed E-state index contributed by atoms with van der Waals surface area (Å²) in [4.78, 5) is 11.5. The van der Waals surface area contributed by atoms with Gasteiger partial charge in [0.2, 0.25) is 0 Å². The molecule has 0 spiro atoms. The third kappa shape index (κ3) is 1.41. The van der Waals surface area contributed by atoms with E-state index in [-0.39, 0.29) is 17.6 Å². The van der Waals surface area contributed by atoms with E-state index < -0.39 is 0 Å². The second kappa shape index (κ2) is 3.45. The van der Waals surface area contributed by atoms with Gasteiger partial charge in [-0.25, -0.2) is 0 Å². The summed E-state index contributed by atoms with van der Waals surface area (Å²) >= 11 is 0. The molecular formula is C12H14O2. The monoisotopic (exact) mass is 190 g/mol. The predicted molar refractivity (Wildman–Crippen MR) is 54.5 cm³/mol. The van der Waals surface area contributed by atoms with Crippen LogP contribution in [0.4, 0.5) is 0 Å². The maximum atomic E-state index is 11.5. The highest BCUT2D eigenvalue weighted by Gasteiger charge is 2.30. The van der Waals surface area contributed by atoms with Gasteiger partial charge >= 0.3 is 0 Å². The van der Waals surface area contributed by atoms with E-state index in [1.54, 1.807) is 6.92 Å². The van der Waals surface area contributed by atoms with Crippen LogP contribution in [0.15, 0.2) is 24.3 Å². The molecule has 0 amide bonds. The minimum Gasteiger partial charge on any atom is -0.493 e. The van der Waals surface area contributed by atoms with Crippen LogP contribution < -0.4 is 4.74 Å². The molecule has 0 saturated heterocycles. The third-order valence-corrected chi connectivity index (χ3v) is 2.76. The molecule has 1 aliphatic heterocycles. The van der Waals surface area contributed by atoms with Crippen LogP contribution in [0.3, 0.4) is 0 Å². The van der Waals surface area contributed by atoms with Crippen LogP contribution in [0.1, 0.15) is 25.3 Å². The van der Waals surface area contributed by atoms with Crippen LogP contribution in [0, 0.1) is 5.92 Å². The van der Waals surface area contributed by atoms with E-state index in [1.165, 1.54) is 0 Å². The lowest BCUT2D eigenvalue weighted by Crippen LogP contribution is -2.27. The Morgan fingerprint density at radius 1 is 1.43 bits per heavy atom. The fraction of sp³-hybridized carbons (Fsp3) is 0.417. The van der Waals surface area contributed by atoms with Crippen LogP contribution in [0.25, 0.3) is 0 Å². The number of benzene rings is 1. The SMILES string of the molecule is CC(=O)C1c2ccccc2OCC1C. The normalized spacial score (nSPS) is 25.0. The van der Waals surface area contributed by atoms with Crippen molar-refractivity contribution in [3.63, 3.8) is 0 Å². The number of hydrogen-bond donors (Lipinski definition) is 0. The number of carbonyl (C=O) groups is 1. The molecule has 1 aromatic carbocycles. The van der Waals surface area contributed by atoms with E-state index in [0.717, 1.165) is 11.3 Å². The first-order chi connectivity index (χ1) is 6.70. The Labute approximate surface area is 83.9 Å². The number of Topliss-reactive ketones (excluding diaryl/α,β-unsaturated/α-hetero) is 1. The summed E-state index contributed by atoms with van der Waals surface area (Å²) in [7, 11) is 0. The summed E-state index contributed by atoms with van der Waals surface area (Å²) in [5.41, 5.74) is 1.04. The third-order valence-electron chi connectivity index (χ3n) is 2.76. The molecule has 0 saturated carbocycles. The number of hydrogen-bond acceptors (Lipinski definition) is 2. The van der Waals surface area contributed by atoms with E-state index >= 15 is 0 Å². The summed E-state index contributed by atoms with van der Waals surface area (Å²) in [6.07, 6.45) is 0. The van der Waals surface area contributed by atoms with Crippen molar-refractivity contribution in [2.45, 2.75) is 19.8 Å². The van der Waals surface area contributed by atoms with Gasteiger partial charge in [-0.3, -0.25) is 4.79 Å². The van der Waals surface area contributed by atoms with E-state index in [0.29, 0.717) is 6.61 Å². The second-order valence-corrected chi connectivity index (χ2v) is 3.91. The molecule has 0 N–H and O–H groups in total. The lowest BCUT2D eigenvalue weighted by Gasteiger charge is -2.29. The Morgan fingerprint density at radius 3 is 2.86 bits per heavy atom. The summed E-state index contributed by atoms with van der Waals surface area (Å²) < 4.78 is 5.56. The van der Waals surface area contributed by atoms with Crippen molar-refractivity contribution < 1.29 is 9.53 Å². The van der Waals surface area contributed by atoms with Crippen LogP contribution in [-0.4, -0.2) is 12.4 Å². The zero-order chi connectivity index (χ0) is 10.1. The number of ether oxygens (including phenoxy) is 1. The van der Waals surface area contributed by atoms with Gasteiger partial charge in [0.1, 0.15) is 11.5 Å². The maximum Gasteiger partial charge on any atom is 0.137 e. The lowest BCUT2D eigenvalue weighted by molar-refractivity contribution is -0.120. The Morgan fingerprint density at radius 2 is 2.14 bits per heavy atom. The van der Waals surface area contributed by atoms with Gasteiger partial charge < -0.3 is 4.74 Å². The molecule has 74 valence electrons. The van der Waals surface area contributed by atoms with Gasteiger partial charge in [-0.1, -0.05) is 25.1 Å². The first-order valence-electron chi connectivity index (χ1n) is 4.92. The summed E-state index contributed by atoms with van der Waals surface area (Å²) in [6, 6.07) is 7.80. The largest absolute Gasteiger partial charge is 0.493 e. The molecule has 2 atom stereocenters. The topological polar surface area (TPSA) is 26.3 Å². The van der Waals surface area contributed by atoms with Gasteiger partial charge in [0, 0.05) is 11.5 Å². The molecule has 2 rings (SSSR count). The van der Waals surface area contributed by atoms with Crippen molar-refractivity contribution >= 4 is 5.78 Å². The molecule has 0 radical (unpaired) electrons. The Bertz CT molecular complexity index is 357. The molecule has 0 bridgehead atoms. The molecule has 0 fully saturated rings. The average molecular weight is 190 g/mol. The highest BCUT2D eigenvalue weighted by molar-refractivity contribution is 5.84. The number of fused-ring (bicyclic) bond motifs is 1. The maximum absolute atomic E-state index is 11.5. The predicted octanol–water partition coefficient (Wildman–Crippen LogP) is 2.39. The number of para-hydroxylation sites is 1. The van der Waals surface area contributed by atoms with Crippen molar-refractivity contribution in [3.05, 3.63) is 29.8 Å². The van der Waals surface area contributed by atoms with E-state index in [1.807, 2.05) is 24.3 Å². The molecule has 1 aliphatic rings. The molecule has 2 nitrogen and oxygen atoms in total. The minimum absolute atomic E-state index is 0.0138.